The third-order valence-electron chi connectivity index (χ3n) is 2.76. The highest BCUT2D eigenvalue weighted by molar-refractivity contribution is 5.92. The predicted molar refractivity (Wildman–Crippen MR) is 72.0 cm³/mol. The number of carbonyl (C=O) groups excluding carboxylic acids is 1. The van der Waals surface area contributed by atoms with Gasteiger partial charge in [0.05, 0.1) is 13.7 Å². The van der Waals surface area contributed by atoms with Crippen molar-refractivity contribution in [3.8, 4) is 5.75 Å². The second-order valence-electron chi connectivity index (χ2n) is 4.05. The fraction of sp³-hybridized carbons (Fsp3) is 0.231. The Morgan fingerprint density at radius 1 is 1.53 bits per heavy atom. The molecule has 100 valence electrons. The highest BCUT2D eigenvalue weighted by Gasteiger charge is 2.11. The maximum absolute atomic E-state index is 10.8. The van der Waals surface area contributed by atoms with E-state index >= 15 is 0 Å². The molecule has 0 radical (unpaired) electrons. The van der Waals surface area contributed by atoms with Gasteiger partial charge in [0.25, 0.3) is 0 Å². The molecular formula is C13H15N3O3. The number of hydrogen-bond donors (Lipinski definition) is 3. The van der Waals surface area contributed by atoms with Crippen LogP contribution >= 0.6 is 0 Å². The van der Waals surface area contributed by atoms with E-state index in [1.54, 1.807) is 13.3 Å². The van der Waals surface area contributed by atoms with Crippen LogP contribution in [0, 0.1) is 0 Å². The number of aliphatic hydroxyl groups excluding tert-OH is 1. The van der Waals surface area contributed by atoms with Crippen molar-refractivity contribution in [3.63, 3.8) is 0 Å². The average Bonchev–Trinajstić information content (AvgIpc) is 2.43. The highest BCUT2D eigenvalue weighted by Crippen LogP contribution is 2.25. The monoisotopic (exact) mass is 261 g/mol. The molecule has 0 fully saturated rings. The van der Waals surface area contributed by atoms with Crippen molar-refractivity contribution in [2.75, 3.05) is 19.0 Å². The van der Waals surface area contributed by atoms with Gasteiger partial charge in [0.1, 0.15) is 17.7 Å². The minimum Gasteiger partial charge on any atom is -0.497 e. The first-order chi connectivity index (χ1) is 9.11. The summed E-state index contributed by atoms with van der Waals surface area (Å²) in [6, 6.07) is 7.42. The van der Waals surface area contributed by atoms with Gasteiger partial charge in [0.2, 0.25) is 5.91 Å². The standard InChI is InChI=1S/C13H15N3O3/c1-19-9-2-3-10-8(6-9)4-5-15-13(10)16-7-11(17)12(14)18/h2-6,11,17H,7H2,1H3,(H2,14,18)(H,15,16). The zero-order valence-corrected chi connectivity index (χ0v) is 10.5. The fourth-order valence-corrected chi connectivity index (χ4v) is 1.72. The first-order valence-electron chi connectivity index (χ1n) is 5.76. The molecule has 1 aromatic carbocycles. The number of nitrogens with one attached hydrogen (secondary N) is 1. The van der Waals surface area contributed by atoms with Crippen LogP contribution in [-0.2, 0) is 4.79 Å². The van der Waals surface area contributed by atoms with Crippen LogP contribution in [0.4, 0.5) is 5.82 Å². The van der Waals surface area contributed by atoms with Crippen molar-refractivity contribution in [2.45, 2.75) is 6.10 Å². The lowest BCUT2D eigenvalue weighted by atomic mass is 10.1. The fourth-order valence-electron chi connectivity index (χ4n) is 1.72. The highest BCUT2D eigenvalue weighted by atomic mass is 16.5. The van der Waals surface area contributed by atoms with E-state index in [2.05, 4.69) is 10.3 Å². The number of carbonyl (C=O) groups is 1. The third-order valence-corrected chi connectivity index (χ3v) is 2.76. The maximum atomic E-state index is 10.8. The van der Waals surface area contributed by atoms with Crippen LogP contribution in [0.5, 0.6) is 5.75 Å². The van der Waals surface area contributed by atoms with Gasteiger partial charge in [-0.1, -0.05) is 0 Å². The topological polar surface area (TPSA) is 97.5 Å². The van der Waals surface area contributed by atoms with E-state index in [1.807, 2.05) is 24.3 Å². The Bertz CT molecular complexity index is 601. The average molecular weight is 261 g/mol. The molecule has 0 spiro atoms. The zero-order valence-electron chi connectivity index (χ0n) is 10.5. The minimum absolute atomic E-state index is 0.0213. The van der Waals surface area contributed by atoms with Crippen LogP contribution in [0.25, 0.3) is 10.8 Å². The number of aromatic nitrogens is 1. The Morgan fingerprint density at radius 3 is 3.00 bits per heavy atom. The van der Waals surface area contributed by atoms with Crippen molar-refractivity contribution in [2.24, 2.45) is 5.73 Å². The maximum Gasteiger partial charge on any atom is 0.248 e. The van der Waals surface area contributed by atoms with Crippen LogP contribution < -0.4 is 15.8 Å². The van der Waals surface area contributed by atoms with Gasteiger partial charge in [-0.3, -0.25) is 4.79 Å². The van der Waals surface area contributed by atoms with Crippen LogP contribution in [0.3, 0.4) is 0 Å². The zero-order chi connectivity index (χ0) is 13.8. The summed E-state index contributed by atoms with van der Waals surface area (Å²) in [5.41, 5.74) is 4.98. The van der Waals surface area contributed by atoms with Crippen LogP contribution in [0.15, 0.2) is 30.5 Å². The molecule has 1 heterocycles. The SMILES string of the molecule is COc1ccc2c(NCC(O)C(N)=O)nccc2c1. The smallest absolute Gasteiger partial charge is 0.248 e. The number of amides is 1. The normalized spacial score (nSPS) is 12.1. The van der Waals surface area contributed by atoms with Crippen LogP contribution in [0.1, 0.15) is 0 Å². The molecule has 2 rings (SSSR count). The number of nitrogens with two attached hydrogens (primary N) is 1. The van der Waals surface area contributed by atoms with E-state index in [4.69, 9.17) is 10.5 Å². The Hall–Kier alpha value is -2.34. The molecule has 0 saturated heterocycles. The summed E-state index contributed by atoms with van der Waals surface area (Å²) in [6.07, 6.45) is 0.399. The Labute approximate surface area is 110 Å². The minimum atomic E-state index is -1.24. The number of fused-ring (bicyclic) bond motifs is 1. The van der Waals surface area contributed by atoms with Crippen molar-refractivity contribution < 1.29 is 14.6 Å². The lowest BCUT2D eigenvalue weighted by molar-refractivity contribution is -0.125. The number of methoxy groups -OCH3 is 1. The van der Waals surface area contributed by atoms with Crippen LogP contribution in [0.2, 0.25) is 0 Å². The Balaban J connectivity index is 2.26. The van der Waals surface area contributed by atoms with Crippen LogP contribution in [-0.4, -0.2) is 35.8 Å². The van der Waals surface area contributed by atoms with Crippen molar-refractivity contribution >= 4 is 22.5 Å². The largest absolute Gasteiger partial charge is 0.497 e. The molecule has 1 amide bonds. The lowest BCUT2D eigenvalue weighted by Crippen LogP contribution is -2.34. The number of pyridine rings is 1. The van der Waals surface area contributed by atoms with Crippen molar-refractivity contribution in [3.05, 3.63) is 30.5 Å². The van der Waals surface area contributed by atoms with Crippen molar-refractivity contribution in [1.29, 1.82) is 0 Å². The van der Waals surface area contributed by atoms with E-state index in [1.165, 1.54) is 0 Å². The van der Waals surface area contributed by atoms with Gasteiger partial charge in [-0.25, -0.2) is 4.98 Å². The Kier molecular flexibility index (Phi) is 3.82. The molecule has 6 nitrogen and oxygen atoms in total. The molecule has 0 aliphatic rings. The molecule has 1 atom stereocenters. The summed E-state index contributed by atoms with van der Waals surface area (Å²) >= 11 is 0. The second-order valence-corrected chi connectivity index (χ2v) is 4.05. The number of ether oxygens (including phenoxy) is 1. The van der Waals surface area contributed by atoms with E-state index < -0.39 is 12.0 Å². The molecule has 0 aliphatic heterocycles. The molecule has 0 saturated carbocycles. The molecule has 1 aromatic heterocycles. The van der Waals surface area contributed by atoms with Gasteiger partial charge in [0.15, 0.2) is 0 Å². The molecule has 0 aliphatic carbocycles. The number of nitrogens with zero attached hydrogens (tertiary/aromatic N) is 1. The van der Waals surface area contributed by atoms with Gasteiger partial charge in [-0.2, -0.15) is 0 Å². The molecule has 0 bridgehead atoms. The predicted octanol–water partition coefficient (Wildman–Crippen LogP) is 0.501. The van der Waals surface area contributed by atoms with E-state index in [0.717, 1.165) is 16.5 Å². The van der Waals surface area contributed by atoms with Crippen molar-refractivity contribution in [1.82, 2.24) is 4.98 Å². The van der Waals surface area contributed by atoms with Gasteiger partial charge >= 0.3 is 0 Å². The van der Waals surface area contributed by atoms with E-state index in [9.17, 15) is 9.90 Å². The van der Waals surface area contributed by atoms with Gasteiger partial charge < -0.3 is 20.9 Å². The number of benzene rings is 1. The van der Waals surface area contributed by atoms with E-state index in [0.29, 0.717) is 5.82 Å². The first kappa shape index (κ1) is 13.1. The molecule has 19 heavy (non-hydrogen) atoms. The first-order valence-corrected chi connectivity index (χ1v) is 5.76. The molecule has 4 N–H and O–H groups in total. The number of rotatable bonds is 5. The number of aliphatic hydroxyl groups is 1. The molecule has 1 unspecified atom stereocenters. The molecular weight excluding hydrogens is 246 g/mol. The number of primary amides is 1. The Morgan fingerprint density at radius 2 is 2.32 bits per heavy atom. The molecule has 2 aromatic rings. The summed E-state index contributed by atoms with van der Waals surface area (Å²) in [7, 11) is 1.60. The summed E-state index contributed by atoms with van der Waals surface area (Å²) in [4.78, 5) is 14.9. The van der Waals surface area contributed by atoms with Gasteiger partial charge in [0, 0.05) is 11.6 Å². The number of anilines is 1. The summed E-state index contributed by atoms with van der Waals surface area (Å²) in [5, 5.41) is 14.1. The third kappa shape index (κ3) is 2.92. The summed E-state index contributed by atoms with van der Waals surface area (Å²) < 4.78 is 5.15. The summed E-state index contributed by atoms with van der Waals surface area (Å²) in [5.74, 6) is 0.566. The van der Waals surface area contributed by atoms with E-state index in [-0.39, 0.29) is 6.54 Å². The van der Waals surface area contributed by atoms with Gasteiger partial charge in [-0.05, 0) is 29.7 Å². The summed E-state index contributed by atoms with van der Waals surface area (Å²) in [6.45, 7) is 0.0213. The number of hydrogen-bond acceptors (Lipinski definition) is 5. The molecule has 6 heteroatoms. The quantitative estimate of drug-likeness (QED) is 0.728. The lowest BCUT2D eigenvalue weighted by Gasteiger charge is -2.11. The second kappa shape index (κ2) is 5.53. The van der Waals surface area contributed by atoms with Gasteiger partial charge in [-0.15, -0.1) is 0 Å².